The van der Waals surface area contributed by atoms with Gasteiger partial charge in [-0.05, 0) is 56.1 Å². The van der Waals surface area contributed by atoms with Crippen LogP contribution in [0.2, 0.25) is 0 Å². The second kappa shape index (κ2) is 10.1. The molecule has 0 radical (unpaired) electrons. The lowest BCUT2D eigenvalue weighted by Crippen LogP contribution is -1.92. The van der Waals surface area contributed by atoms with Gasteiger partial charge in [0.2, 0.25) is 0 Å². The van der Waals surface area contributed by atoms with E-state index < -0.39 is 0 Å². The summed E-state index contributed by atoms with van der Waals surface area (Å²) in [6.45, 7) is 0. The third-order valence-corrected chi connectivity index (χ3v) is 8.15. The first kappa shape index (κ1) is 24.2. The summed E-state index contributed by atoms with van der Waals surface area (Å²) in [6, 6.07) is 53.6. The number of rotatable bonds is 4. The molecule has 8 rings (SSSR count). The Morgan fingerprint density at radius 2 is 0.857 bits per heavy atom. The number of pyridine rings is 2. The zero-order valence-corrected chi connectivity index (χ0v) is 22.9. The maximum atomic E-state index is 5.01. The fourth-order valence-corrected chi connectivity index (χ4v) is 6.07. The van der Waals surface area contributed by atoms with E-state index in [4.69, 9.17) is 9.97 Å². The smallest absolute Gasteiger partial charge is 0.0972 e. The first-order valence-electron chi connectivity index (χ1n) is 14.3. The molecule has 0 aliphatic carbocycles. The van der Waals surface area contributed by atoms with E-state index in [2.05, 4.69) is 146 Å². The predicted octanol–water partition coefficient (Wildman–Crippen LogP) is 10.6. The van der Waals surface area contributed by atoms with Crippen molar-refractivity contribution in [1.29, 1.82) is 0 Å². The monoisotopic (exact) mass is 534 g/mol. The Balaban J connectivity index is 1.14. The molecule has 2 heterocycles. The average Bonchev–Trinajstić information content (AvgIpc) is 3.08. The minimum absolute atomic E-state index is 0.877. The second-order valence-electron chi connectivity index (χ2n) is 10.6. The van der Waals surface area contributed by atoms with E-state index in [0.717, 1.165) is 38.8 Å². The summed E-state index contributed by atoms with van der Waals surface area (Å²) in [5.41, 5.74) is 9.92. The molecule has 0 unspecified atom stereocenters. The topological polar surface area (TPSA) is 25.8 Å². The molecule has 0 spiro atoms. The van der Waals surface area contributed by atoms with Crippen LogP contribution in [-0.4, -0.2) is 9.97 Å². The van der Waals surface area contributed by atoms with Gasteiger partial charge in [-0.3, -0.25) is 4.98 Å². The molecule has 2 heteroatoms. The maximum absolute atomic E-state index is 5.01. The van der Waals surface area contributed by atoms with Crippen LogP contribution in [-0.2, 0) is 0 Å². The van der Waals surface area contributed by atoms with Gasteiger partial charge in [-0.25, -0.2) is 4.98 Å². The third-order valence-electron chi connectivity index (χ3n) is 8.15. The van der Waals surface area contributed by atoms with Gasteiger partial charge in [-0.1, -0.05) is 140 Å². The van der Waals surface area contributed by atoms with Crippen molar-refractivity contribution in [1.82, 2.24) is 9.97 Å². The number of benzene rings is 6. The molecular weight excluding hydrogens is 508 g/mol. The molecule has 0 N–H and O–H groups in total. The Morgan fingerprint density at radius 3 is 1.52 bits per heavy atom. The first-order valence-corrected chi connectivity index (χ1v) is 14.3. The number of hydrogen-bond donors (Lipinski definition) is 0. The van der Waals surface area contributed by atoms with Crippen molar-refractivity contribution < 1.29 is 0 Å². The number of nitrogens with zero attached hydrogens (tertiary/aromatic N) is 2. The molecule has 2 aromatic heterocycles. The number of aromatic nitrogens is 2. The highest BCUT2D eigenvalue weighted by Gasteiger charge is 2.12. The Bertz CT molecular complexity index is 2220. The molecule has 0 amide bonds. The molecular formula is C40H26N2. The van der Waals surface area contributed by atoms with Crippen molar-refractivity contribution in [3.8, 4) is 44.8 Å². The molecule has 6 aromatic carbocycles. The average molecular weight is 535 g/mol. The molecule has 0 aliphatic heterocycles. The van der Waals surface area contributed by atoms with E-state index in [0.29, 0.717) is 0 Å². The lowest BCUT2D eigenvalue weighted by atomic mass is 9.91. The lowest BCUT2D eigenvalue weighted by Gasteiger charge is -2.13. The van der Waals surface area contributed by atoms with Gasteiger partial charge in [0.1, 0.15) is 0 Å². The quantitative estimate of drug-likeness (QED) is 0.210. The summed E-state index contributed by atoms with van der Waals surface area (Å²) in [6.07, 6.45) is 1.96. The Labute approximate surface area is 244 Å². The normalized spacial score (nSPS) is 11.3. The zero-order chi connectivity index (χ0) is 27.9. The highest BCUT2D eigenvalue weighted by Crippen LogP contribution is 2.37. The van der Waals surface area contributed by atoms with Gasteiger partial charge in [0, 0.05) is 22.5 Å². The highest BCUT2D eigenvalue weighted by molar-refractivity contribution is 6.10. The number of para-hydroxylation sites is 1. The van der Waals surface area contributed by atoms with E-state index >= 15 is 0 Å². The largest absolute Gasteiger partial charge is 0.254 e. The fourth-order valence-electron chi connectivity index (χ4n) is 6.07. The molecule has 196 valence electrons. The Morgan fingerprint density at radius 1 is 0.333 bits per heavy atom. The molecule has 0 bridgehead atoms. The van der Waals surface area contributed by atoms with E-state index in [9.17, 15) is 0 Å². The molecule has 0 aliphatic rings. The van der Waals surface area contributed by atoms with Crippen LogP contribution < -0.4 is 0 Å². The van der Waals surface area contributed by atoms with Crippen molar-refractivity contribution in [3.05, 3.63) is 158 Å². The summed E-state index contributed by atoms with van der Waals surface area (Å²) >= 11 is 0. The number of hydrogen-bond acceptors (Lipinski definition) is 2. The van der Waals surface area contributed by atoms with Gasteiger partial charge in [-0.2, -0.15) is 0 Å². The van der Waals surface area contributed by atoms with Crippen molar-refractivity contribution in [2.45, 2.75) is 0 Å². The highest BCUT2D eigenvalue weighted by atomic mass is 14.8. The van der Waals surface area contributed by atoms with Gasteiger partial charge >= 0.3 is 0 Å². The van der Waals surface area contributed by atoms with Crippen molar-refractivity contribution >= 4 is 32.4 Å². The predicted molar refractivity (Wildman–Crippen MR) is 176 cm³/mol. The SMILES string of the molecule is c1ccc(-c2ccc(-c3ccc(-c4ccc(-c5nc6ccccc6c6ccccc56)nc4)cc3)c3ccccc23)cc1. The van der Waals surface area contributed by atoms with Gasteiger partial charge < -0.3 is 0 Å². The van der Waals surface area contributed by atoms with Crippen LogP contribution in [0, 0.1) is 0 Å². The summed E-state index contributed by atoms with van der Waals surface area (Å²) < 4.78 is 0. The van der Waals surface area contributed by atoms with Gasteiger partial charge in [0.15, 0.2) is 0 Å². The van der Waals surface area contributed by atoms with E-state index in [-0.39, 0.29) is 0 Å². The van der Waals surface area contributed by atoms with Crippen LogP contribution in [0.25, 0.3) is 77.2 Å². The van der Waals surface area contributed by atoms with Crippen LogP contribution in [0.4, 0.5) is 0 Å². The Hall–Kier alpha value is -5.60. The van der Waals surface area contributed by atoms with Gasteiger partial charge in [0.05, 0.1) is 16.9 Å². The second-order valence-corrected chi connectivity index (χ2v) is 10.6. The molecule has 0 saturated heterocycles. The first-order chi connectivity index (χ1) is 20.8. The van der Waals surface area contributed by atoms with E-state index in [1.54, 1.807) is 0 Å². The number of fused-ring (bicyclic) bond motifs is 4. The molecule has 8 aromatic rings. The fraction of sp³-hybridized carbons (Fsp3) is 0. The van der Waals surface area contributed by atoms with Crippen LogP contribution >= 0.6 is 0 Å². The van der Waals surface area contributed by atoms with Gasteiger partial charge in [0.25, 0.3) is 0 Å². The molecule has 0 saturated carbocycles. The summed E-state index contributed by atoms with van der Waals surface area (Å²) in [4.78, 5) is 9.89. The van der Waals surface area contributed by atoms with E-state index in [1.165, 1.54) is 38.4 Å². The molecule has 42 heavy (non-hydrogen) atoms. The van der Waals surface area contributed by atoms with E-state index in [1.807, 2.05) is 12.3 Å². The minimum Gasteiger partial charge on any atom is -0.254 e. The summed E-state index contributed by atoms with van der Waals surface area (Å²) in [7, 11) is 0. The lowest BCUT2D eigenvalue weighted by molar-refractivity contribution is 1.29. The third kappa shape index (κ3) is 4.13. The molecule has 0 atom stereocenters. The standard InChI is InChI=1S/C40H26N2/c1-2-10-28(11-3-1)31-23-24-32(34-13-5-4-12-33(31)34)29-20-18-27(19-21-29)30-22-25-39(41-26-30)40-37-16-7-6-14-35(37)36-15-8-9-17-38(36)42-40/h1-26H. The van der Waals surface area contributed by atoms with Crippen LogP contribution in [0.1, 0.15) is 0 Å². The maximum Gasteiger partial charge on any atom is 0.0972 e. The Kier molecular flexibility index (Phi) is 5.82. The summed E-state index contributed by atoms with van der Waals surface area (Å²) in [5.74, 6) is 0. The van der Waals surface area contributed by atoms with Gasteiger partial charge in [-0.15, -0.1) is 0 Å². The van der Waals surface area contributed by atoms with Crippen LogP contribution in [0.3, 0.4) is 0 Å². The van der Waals surface area contributed by atoms with Crippen molar-refractivity contribution in [3.63, 3.8) is 0 Å². The van der Waals surface area contributed by atoms with Crippen molar-refractivity contribution in [2.75, 3.05) is 0 Å². The van der Waals surface area contributed by atoms with Crippen molar-refractivity contribution in [2.24, 2.45) is 0 Å². The van der Waals surface area contributed by atoms with Crippen LogP contribution in [0.5, 0.6) is 0 Å². The molecule has 0 fully saturated rings. The van der Waals surface area contributed by atoms with Crippen LogP contribution in [0.15, 0.2) is 158 Å². The minimum atomic E-state index is 0.877. The molecule has 2 nitrogen and oxygen atoms in total. The summed E-state index contributed by atoms with van der Waals surface area (Å²) in [5, 5.41) is 6.00. The zero-order valence-electron chi connectivity index (χ0n) is 22.9.